The first kappa shape index (κ1) is 26.0. The molecule has 0 unspecified atom stereocenters. The van der Waals surface area contributed by atoms with Crippen molar-refractivity contribution in [1.82, 2.24) is 15.0 Å². The third-order valence-corrected chi connectivity index (χ3v) is 11.1. The van der Waals surface area contributed by atoms with E-state index in [-0.39, 0.29) is 5.82 Å². The molecule has 40 heavy (non-hydrogen) atoms. The Morgan fingerprint density at radius 2 is 1.25 bits per heavy atom. The molecule has 0 amide bonds. The highest BCUT2D eigenvalue weighted by Gasteiger charge is 2.46. The molecule has 0 spiro atoms. The van der Waals surface area contributed by atoms with Crippen LogP contribution in [0.15, 0.2) is 139 Å². The molecule has 196 valence electrons. The van der Waals surface area contributed by atoms with Crippen molar-refractivity contribution in [2.45, 2.75) is 5.16 Å². The minimum absolute atomic E-state index is 0.270. The highest BCUT2D eigenvalue weighted by atomic mass is 32.2. The van der Waals surface area contributed by atoms with Gasteiger partial charge in [0.15, 0.2) is 11.0 Å². The second-order valence-corrected chi connectivity index (χ2v) is 13.1. The molecule has 6 aromatic rings. The fourth-order valence-corrected chi connectivity index (χ4v) is 8.88. The number of rotatable bonds is 8. The summed E-state index contributed by atoms with van der Waals surface area (Å²) in [7, 11) is -2.35. The number of hydrogen-bond acceptors (Lipinski definition) is 4. The molecule has 0 fully saturated rings. The normalized spacial score (nSPS) is 11.3. The molecule has 7 heteroatoms. The molecule has 4 aromatic carbocycles. The molecule has 0 saturated heterocycles. The van der Waals surface area contributed by atoms with Crippen LogP contribution in [0.2, 0.25) is 0 Å². The van der Waals surface area contributed by atoms with E-state index in [1.54, 1.807) is 12.1 Å². The summed E-state index contributed by atoms with van der Waals surface area (Å²) in [6.07, 6.45) is 3.80. The zero-order valence-electron chi connectivity index (χ0n) is 21.8. The number of nitrogens with zero attached hydrogens (tertiary/aromatic N) is 2. The highest BCUT2D eigenvalue weighted by Crippen LogP contribution is 2.54. The van der Waals surface area contributed by atoms with E-state index in [0.29, 0.717) is 0 Å². The van der Waals surface area contributed by atoms with Crippen molar-refractivity contribution in [3.8, 4) is 22.5 Å². The Hall–Kier alpha value is -4.25. The van der Waals surface area contributed by atoms with Gasteiger partial charge in [0.1, 0.15) is 21.7 Å². The lowest BCUT2D eigenvalue weighted by atomic mass is 10.1. The minimum atomic E-state index is -2.35. The van der Waals surface area contributed by atoms with E-state index < -0.39 is 7.41 Å². The number of imidazole rings is 1. The van der Waals surface area contributed by atoms with E-state index in [1.165, 1.54) is 39.8 Å². The number of aromatic nitrogens is 3. The molecule has 0 aliphatic heterocycles. The molecule has 0 saturated carbocycles. The summed E-state index contributed by atoms with van der Waals surface area (Å²) in [5.74, 6) is 0.481. The summed E-state index contributed by atoms with van der Waals surface area (Å²) in [6.45, 7) is 0. The van der Waals surface area contributed by atoms with Crippen molar-refractivity contribution in [3.05, 3.63) is 139 Å². The molecule has 0 aliphatic carbocycles. The van der Waals surface area contributed by atoms with Crippen LogP contribution in [0, 0.1) is 5.82 Å². The predicted octanol–water partition coefficient (Wildman–Crippen LogP) is 7.32. The number of thioether (sulfide) groups is 1. The van der Waals surface area contributed by atoms with Gasteiger partial charge in [-0.2, -0.15) is 0 Å². The van der Waals surface area contributed by atoms with Gasteiger partial charge in [-0.05, 0) is 79.1 Å². The molecule has 2 N–H and O–H groups in total. The summed E-state index contributed by atoms with van der Waals surface area (Å²) in [4.78, 5) is 13.1. The topological polar surface area (TPSA) is 53.6 Å². The van der Waals surface area contributed by atoms with Gasteiger partial charge in [0, 0.05) is 17.3 Å². The Morgan fingerprint density at radius 3 is 1.77 bits per heavy atom. The van der Waals surface area contributed by atoms with Gasteiger partial charge in [-0.1, -0.05) is 66.4 Å². The Bertz CT molecular complexity index is 1610. The fraction of sp³-hybridized carbons (Fsp3) is 0.0303. The average molecular weight is 562 g/mol. The Kier molecular flexibility index (Phi) is 7.45. The zero-order valence-corrected chi connectivity index (χ0v) is 23.5. The van der Waals surface area contributed by atoms with Gasteiger partial charge in [-0.3, -0.25) is 0 Å². The summed E-state index contributed by atoms with van der Waals surface area (Å²) in [5.41, 5.74) is 3.43. The van der Waals surface area contributed by atoms with E-state index in [1.807, 2.05) is 36.7 Å². The third kappa shape index (κ3) is 5.04. The van der Waals surface area contributed by atoms with E-state index in [9.17, 15) is 4.39 Å². The maximum Gasteiger partial charge on any atom is 0.201 e. The van der Waals surface area contributed by atoms with Crippen LogP contribution in [0.4, 0.5) is 10.2 Å². The first-order chi connectivity index (χ1) is 19.7. The van der Waals surface area contributed by atoms with Gasteiger partial charge >= 0.3 is 0 Å². The predicted molar refractivity (Wildman–Crippen MR) is 168 cm³/mol. The maximum absolute atomic E-state index is 13.7. The molecule has 2 heterocycles. The summed E-state index contributed by atoms with van der Waals surface area (Å²) in [6, 6.07) is 42.3. The van der Waals surface area contributed by atoms with Crippen LogP contribution in [-0.4, -0.2) is 21.2 Å². The van der Waals surface area contributed by atoms with Crippen molar-refractivity contribution >= 4 is 40.9 Å². The lowest BCUT2D eigenvalue weighted by Crippen LogP contribution is -2.36. The monoisotopic (exact) mass is 561 g/mol. The first-order valence-corrected chi connectivity index (χ1v) is 15.9. The number of hydrogen-bond donors (Lipinski definition) is 2. The smallest absolute Gasteiger partial charge is 0.201 e. The SMILES string of the molecule is CSc1nc(-c2ccnc(N[P+](c3ccccc3)(c3ccccc3)c3ccccc3)c2)c(-c2ccc(F)cc2)[nH]1. The molecule has 4 nitrogen and oxygen atoms in total. The van der Waals surface area contributed by atoms with Crippen LogP contribution < -0.4 is 21.0 Å². The molecule has 0 atom stereocenters. The summed E-state index contributed by atoms with van der Waals surface area (Å²) < 4.78 is 13.7. The van der Waals surface area contributed by atoms with Crippen LogP contribution in [-0.2, 0) is 0 Å². The standard InChI is InChI=1S/C33H27FN4PS/c1-40-33-36-31(24-17-19-26(34)20-18-24)32(37-33)25-21-22-35-30(23-25)38-39(27-11-5-2-6-12-27,28-13-7-3-8-14-28)29-15-9-4-10-16-29/h2-23H,1H3,(H,35,38)(H,36,37)/q+1. The fourth-order valence-electron chi connectivity index (χ4n) is 4.89. The number of benzene rings is 4. The van der Waals surface area contributed by atoms with Crippen LogP contribution in [0.3, 0.4) is 0 Å². The number of aromatic amines is 1. The quantitative estimate of drug-likeness (QED) is 0.151. The maximum atomic E-state index is 13.7. The van der Waals surface area contributed by atoms with Crippen molar-refractivity contribution in [3.63, 3.8) is 0 Å². The molecule has 2 aromatic heterocycles. The largest absolute Gasteiger partial charge is 0.332 e. The number of halogens is 1. The Labute approximate surface area is 238 Å². The third-order valence-electron chi connectivity index (χ3n) is 6.75. The zero-order chi connectivity index (χ0) is 27.4. The number of H-pyrrole nitrogens is 1. The first-order valence-electron chi connectivity index (χ1n) is 12.9. The average Bonchev–Trinajstić information content (AvgIpc) is 3.46. The van der Waals surface area contributed by atoms with Gasteiger partial charge in [-0.25, -0.2) is 19.4 Å². The van der Waals surface area contributed by atoms with Crippen LogP contribution >= 0.6 is 19.2 Å². The number of nitrogens with one attached hydrogen (secondary N) is 2. The highest BCUT2D eigenvalue weighted by molar-refractivity contribution is 7.98. The second kappa shape index (κ2) is 11.5. The summed E-state index contributed by atoms with van der Waals surface area (Å²) in [5, 5.41) is 8.35. The van der Waals surface area contributed by atoms with Crippen molar-refractivity contribution in [2.75, 3.05) is 11.3 Å². The van der Waals surface area contributed by atoms with Gasteiger partial charge in [0.05, 0.1) is 11.4 Å². The van der Waals surface area contributed by atoms with Gasteiger partial charge < -0.3 is 4.98 Å². The van der Waals surface area contributed by atoms with Gasteiger partial charge in [0.25, 0.3) is 0 Å². The van der Waals surface area contributed by atoms with Crippen molar-refractivity contribution < 1.29 is 4.39 Å². The molecule has 0 bridgehead atoms. The van der Waals surface area contributed by atoms with Crippen LogP contribution in [0.1, 0.15) is 0 Å². The Morgan fingerprint density at radius 1 is 0.700 bits per heavy atom. The minimum Gasteiger partial charge on any atom is -0.332 e. The van der Waals surface area contributed by atoms with Crippen molar-refractivity contribution in [1.29, 1.82) is 0 Å². The van der Waals surface area contributed by atoms with Crippen LogP contribution in [0.25, 0.3) is 22.5 Å². The molecular formula is C33H27FN4PS+. The lowest BCUT2D eigenvalue weighted by molar-refractivity contribution is 0.628. The van der Waals surface area contributed by atoms with Gasteiger partial charge in [-0.15, -0.1) is 0 Å². The van der Waals surface area contributed by atoms with E-state index in [2.05, 4.69) is 88.9 Å². The van der Waals surface area contributed by atoms with Crippen molar-refractivity contribution in [2.24, 2.45) is 0 Å². The van der Waals surface area contributed by atoms with E-state index in [0.717, 1.165) is 33.5 Å². The molecule has 6 rings (SSSR count). The van der Waals surface area contributed by atoms with E-state index in [4.69, 9.17) is 9.97 Å². The molecular weight excluding hydrogens is 534 g/mol. The summed E-state index contributed by atoms with van der Waals surface area (Å²) >= 11 is 1.54. The molecule has 0 aliphatic rings. The van der Waals surface area contributed by atoms with E-state index >= 15 is 0 Å². The number of anilines is 1. The lowest BCUT2D eigenvalue weighted by Gasteiger charge is -2.28. The second-order valence-electron chi connectivity index (χ2n) is 9.20. The number of pyridine rings is 1. The van der Waals surface area contributed by atoms with Gasteiger partial charge in [0.2, 0.25) is 7.41 Å². The molecule has 0 radical (unpaired) electrons. The van der Waals surface area contributed by atoms with Crippen LogP contribution in [0.5, 0.6) is 0 Å². The Balaban J connectivity index is 1.51.